The van der Waals surface area contributed by atoms with Gasteiger partial charge < -0.3 is 20.5 Å². The highest BCUT2D eigenvalue weighted by atomic mass is 35.5. The fraction of sp³-hybridized carbons (Fsp3) is 0.174. The van der Waals surface area contributed by atoms with E-state index in [4.69, 9.17) is 16.3 Å². The van der Waals surface area contributed by atoms with Crippen LogP contribution in [0.5, 0.6) is 5.75 Å². The summed E-state index contributed by atoms with van der Waals surface area (Å²) in [4.78, 5) is 39.3. The maximum Gasteiger partial charge on any atom is 0.334 e. The van der Waals surface area contributed by atoms with E-state index in [0.717, 1.165) is 17.4 Å². The quantitative estimate of drug-likeness (QED) is 0.462. The fourth-order valence-electron chi connectivity index (χ4n) is 3.46. The van der Waals surface area contributed by atoms with Crippen molar-refractivity contribution in [3.8, 4) is 5.75 Å². The van der Waals surface area contributed by atoms with Gasteiger partial charge in [0.1, 0.15) is 11.6 Å². The first kappa shape index (κ1) is 23.5. The molecule has 176 valence electrons. The first-order valence-corrected chi connectivity index (χ1v) is 11.2. The van der Waals surface area contributed by atoms with Crippen molar-refractivity contribution in [2.45, 2.75) is 12.5 Å². The molecule has 2 amide bonds. The Hall–Kier alpha value is -3.63. The van der Waals surface area contributed by atoms with Crippen LogP contribution in [0.25, 0.3) is 0 Å². The van der Waals surface area contributed by atoms with Crippen LogP contribution in [0.1, 0.15) is 32.5 Å². The predicted molar refractivity (Wildman–Crippen MR) is 126 cm³/mol. The second-order valence-corrected chi connectivity index (χ2v) is 9.33. The molecule has 8 nitrogen and oxygen atoms in total. The van der Waals surface area contributed by atoms with Crippen molar-refractivity contribution in [1.82, 2.24) is 5.32 Å². The van der Waals surface area contributed by atoms with Crippen LogP contribution in [0, 0.1) is 5.82 Å². The molecule has 0 bridgehead atoms. The van der Waals surface area contributed by atoms with E-state index in [2.05, 4.69) is 10.6 Å². The molecule has 0 fully saturated rings. The normalized spacial score (nSPS) is 14.6. The average Bonchev–Trinajstić information content (AvgIpc) is 3.26. The van der Waals surface area contributed by atoms with E-state index in [9.17, 15) is 23.9 Å². The number of nitrogens with zero attached hydrogens (tertiary/aromatic N) is 1. The van der Waals surface area contributed by atoms with Crippen molar-refractivity contribution in [3.05, 3.63) is 74.7 Å². The summed E-state index contributed by atoms with van der Waals surface area (Å²) < 4.78 is 20.2. The smallest absolute Gasteiger partial charge is 0.334 e. The number of ether oxygens (including phenoxy) is 1. The van der Waals surface area contributed by atoms with Gasteiger partial charge in [-0.15, -0.1) is 11.3 Å². The minimum atomic E-state index is -1.68. The van der Waals surface area contributed by atoms with Crippen LogP contribution in [-0.4, -0.2) is 36.7 Å². The van der Waals surface area contributed by atoms with Crippen molar-refractivity contribution >= 4 is 52.1 Å². The number of carbonyl (C=O) groups excluding carboxylic acids is 2. The highest BCUT2D eigenvalue weighted by Crippen LogP contribution is 2.33. The molecule has 1 aliphatic heterocycles. The summed E-state index contributed by atoms with van der Waals surface area (Å²) in [7, 11) is 1.56. The van der Waals surface area contributed by atoms with Gasteiger partial charge in [-0.25, -0.2) is 9.18 Å². The summed E-state index contributed by atoms with van der Waals surface area (Å²) in [5.74, 6) is -2.62. The lowest BCUT2D eigenvalue weighted by Crippen LogP contribution is -2.49. The first-order valence-electron chi connectivity index (χ1n) is 10.0. The standard InChI is InChI=1S/C23H19ClFN3O5S/c1-23(22(31)32,18-7-8-19(24)34-18)27-20(29)12-3-5-13(6-4-12)28-11-33-17-10-16(26-2)15(25)9-14(17)21(28)30/h3-10,26H,11H2,1-2H3,(H,27,29)(H,31,32). The predicted octanol–water partition coefficient (Wildman–Crippen LogP) is 4.31. The molecule has 4 rings (SSSR count). The molecule has 0 saturated heterocycles. The maximum absolute atomic E-state index is 14.2. The summed E-state index contributed by atoms with van der Waals surface area (Å²) in [6.07, 6.45) is 0. The molecule has 3 aromatic rings. The zero-order valence-corrected chi connectivity index (χ0v) is 19.6. The number of anilines is 2. The number of amides is 2. The van der Waals surface area contributed by atoms with Crippen molar-refractivity contribution in [2.24, 2.45) is 0 Å². The summed E-state index contributed by atoms with van der Waals surface area (Å²) in [5.41, 5.74) is -0.764. The van der Waals surface area contributed by atoms with Crippen molar-refractivity contribution < 1.29 is 28.6 Å². The molecule has 0 radical (unpaired) electrons. The van der Waals surface area contributed by atoms with E-state index in [-0.39, 0.29) is 29.3 Å². The number of carboxylic acids is 1. The molecule has 0 spiro atoms. The third kappa shape index (κ3) is 4.17. The second-order valence-electron chi connectivity index (χ2n) is 7.62. The largest absolute Gasteiger partial charge is 0.479 e. The van der Waals surface area contributed by atoms with Gasteiger partial charge in [0.2, 0.25) is 0 Å². The van der Waals surface area contributed by atoms with Gasteiger partial charge in [-0.1, -0.05) is 11.6 Å². The Bertz CT molecular complexity index is 1300. The van der Waals surface area contributed by atoms with Gasteiger partial charge >= 0.3 is 5.97 Å². The van der Waals surface area contributed by atoms with Crippen LogP contribution >= 0.6 is 22.9 Å². The van der Waals surface area contributed by atoms with Crippen LogP contribution in [0.3, 0.4) is 0 Å². The van der Waals surface area contributed by atoms with Crippen LogP contribution in [0.2, 0.25) is 4.34 Å². The van der Waals surface area contributed by atoms with E-state index in [1.165, 1.54) is 42.2 Å². The fourth-order valence-corrected chi connectivity index (χ4v) is 4.59. The third-order valence-electron chi connectivity index (χ3n) is 5.46. The van der Waals surface area contributed by atoms with Crippen LogP contribution < -0.4 is 20.3 Å². The monoisotopic (exact) mass is 503 g/mol. The number of carboxylic acid groups (broad SMARTS) is 1. The molecule has 1 aliphatic rings. The Morgan fingerprint density at radius 1 is 1.21 bits per heavy atom. The maximum atomic E-state index is 14.2. The molecular formula is C23H19ClFN3O5S. The Morgan fingerprint density at radius 3 is 2.50 bits per heavy atom. The molecular weight excluding hydrogens is 485 g/mol. The number of nitrogens with one attached hydrogen (secondary N) is 2. The van der Waals surface area contributed by atoms with Crippen molar-refractivity contribution in [1.29, 1.82) is 0 Å². The van der Waals surface area contributed by atoms with Gasteiger partial charge in [0.05, 0.1) is 15.6 Å². The average molecular weight is 504 g/mol. The molecule has 0 aliphatic carbocycles. The Labute approximate surface area is 202 Å². The third-order valence-corrected chi connectivity index (χ3v) is 6.91. The highest BCUT2D eigenvalue weighted by molar-refractivity contribution is 7.16. The molecule has 2 heterocycles. The number of thiophene rings is 1. The highest BCUT2D eigenvalue weighted by Gasteiger charge is 2.38. The first-order chi connectivity index (χ1) is 16.1. The molecule has 34 heavy (non-hydrogen) atoms. The van der Waals surface area contributed by atoms with Gasteiger partial charge in [0.15, 0.2) is 12.3 Å². The van der Waals surface area contributed by atoms with Crippen LogP contribution in [-0.2, 0) is 10.3 Å². The molecule has 2 aromatic carbocycles. The van der Waals surface area contributed by atoms with Crippen LogP contribution in [0.4, 0.5) is 15.8 Å². The molecule has 1 unspecified atom stereocenters. The topological polar surface area (TPSA) is 108 Å². The lowest BCUT2D eigenvalue weighted by molar-refractivity contribution is -0.144. The van der Waals surface area contributed by atoms with E-state index < -0.39 is 29.1 Å². The van der Waals surface area contributed by atoms with Crippen molar-refractivity contribution in [2.75, 3.05) is 24.0 Å². The molecule has 0 saturated carbocycles. The van der Waals surface area contributed by atoms with Crippen molar-refractivity contribution in [3.63, 3.8) is 0 Å². The zero-order valence-electron chi connectivity index (χ0n) is 18.0. The summed E-state index contributed by atoms with van der Waals surface area (Å²) in [6, 6.07) is 11.6. The minimum absolute atomic E-state index is 0.0800. The summed E-state index contributed by atoms with van der Waals surface area (Å²) >= 11 is 6.99. The number of hydrogen-bond acceptors (Lipinski definition) is 6. The molecule has 1 atom stereocenters. The van der Waals surface area contributed by atoms with E-state index in [0.29, 0.717) is 14.9 Å². The molecule has 11 heteroatoms. The zero-order chi connectivity index (χ0) is 24.6. The number of hydrogen-bond donors (Lipinski definition) is 3. The van der Waals surface area contributed by atoms with E-state index >= 15 is 0 Å². The SMILES string of the molecule is CNc1cc2c(cc1F)C(=O)N(c1ccc(C(=O)NC(C)(C(=O)O)c3ccc(Cl)s3)cc1)CO2. The number of carbonyl (C=O) groups is 3. The van der Waals surface area contributed by atoms with Crippen LogP contribution in [0.15, 0.2) is 48.5 Å². The Morgan fingerprint density at radius 2 is 1.91 bits per heavy atom. The number of fused-ring (bicyclic) bond motifs is 1. The Kier molecular flexibility index (Phi) is 6.20. The lowest BCUT2D eigenvalue weighted by Gasteiger charge is -2.29. The lowest BCUT2D eigenvalue weighted by atomic mass is 9.99. The van der Waals surface area contributed by atoms with E-state index in [1.807, 2.05) is 0 Å². The molecule has 3 N–H and O–H groups in total. The van der Waals surface area contributed by atoms with E-state index in [1.54, 1.807) is 19.2 Å². The second kappa shape index (κ2) is 8.96. The van der Waals surface area contributed by atoms with Gasteiger partial charge in [-0.3, -0.25) is 14.5 Å². The summed E-state index contributed by atoms with van der Waals surface area (Å²) in [5, 5.41) is 15.0. The van der Waals surface area contributed by atoms with Gasteiger partial charge in [0, 0.05) is 29.2 Å². The number of rotatable bonds is 6. The molecule has 1 aromatic heterocycles. The number of benzene rings is 2. The van der Waals surface area contributed by atoms with Gasteiger partial charge in [-0.2, -0.15) is 0 Å². The van der Waals surface area contributed by atoms with Gasteiger partial charge in [0.25, 0.3) is 11.8 Å². The van der Waals surface area contributed by atoms with Gasteiger partial charge in [-0.05, 0) is 49.4 Å². The Balaban J connectivity index is 1.54. The minimum Gasteiger partial charge on any atom is -0.479 e. The number of halogens is 2. The summed E-state index contributed by atoms with van der Waals surface area (Å²) in [6.45, 7) is 1.28. The number of aliphatic carboxylic acids is 1.